The molecule has 82 valence electrons. The van der Waals surface area contributed by atoms with Gasteiger partial charge in [0.25, 0.3) is 0 Å². The zero-order valence-electron chi connectivity index (χ0n) is 9.51. The van der Waals surface area contributed by atoms with Gasteiger partial charge in [0.05, 0.1) is 12.7 Å². The van der Waals surface area contributed by atoms with E-state index in [1.54, 1.807) is 0 Å². The van der Waals surface area contributed by atoms with Crippen LogP contribution in [0.5, 0.6) is 0 Å². The molecule has 0 aromatic carbocycles. The first-order chi connectivity index (χ1) is 6.55. The van der Waals surface area contributed by atoms with Crippen LogP contribution in [0.2, 0.25) is 0 Å². The van der Waals surface area contributed by atoms with Crippen molar-refractivity contribution in [2.75, 3.05) is 13.2 Å². The lowest BCUT2D eigenvalue weighted by Crippen LogP contribution is -2.32. The van der Waals surface area contributed by atoms with E-state index in [1.807, 2.05) is 0 Å². The molecular formula is C12H23NO. The number of nitrogens with two attached hydrogens (primary N) is 1. The highest BCUT2D eigenvalue weighted by Crippen LogP contribution is 2.50. The summed E-state index contributed by atoms with van der Waals surface area (Å²) in [7, 11) is 0. The third kappa shape index (κ3) is 1.96. The van der Waals surface area contributed by atoms with Gasteiger partial charge in [0.15, 0.2) is 0 Å². The number of ether oxygens (including phenoxy) is 1. The van der Waals surface area contributed by atoms with Gasteiger partial charge >= 0.3 is 0 Å². The van der Waals surface area contributed by atoms with Crippen LogP contribution < -0.4 is 5.73 Å². The van der Waals surface area contributed by atoms with Gasteiger partial charge in [0.1, 0.15) is 0 Å². The normalized spacial score (nSPS) is 34.9. The van der Waals surface area contributed by atoms with Crippen molar-refractivity contribution >= 4 is 0 Å². The number of hydrogen-bond acceptors (Lipinski definition) is 2. The molecule has 0 aromatic rings. The molecule has 0 aromatic heterocycles. The SMILES string of the molecule is CC1(C)CCC2(CC1)COC(CN)C2. The van der Waals surface area contributed by atoms with E-state index in [9.17, 15) is 0 Å². The average molecular weight is 197 g/mol. The standard InChI is InChI=1S/C12H23NO/c1-11(2)3-5-12(6-4-11)7-10(8-13)14-9-12/h10H,3-9,13H2,1-2H3. The summed E-state index contributed by atoms with van der Waals surface area (Å²) in [5, 5.41) is 0. The first-order valence-electron chi connectivity index (χ1n) is 5.87. The predicted octanol–water partition coefficient (Wildman–Crippen LogP) is 2.32. The van der Waals surface area contributed by atoms with Crippen LogP contribution >= 0.6 is 0 Å². The van der Waals surface area contributed by atoms with Crippen LogP contribution in [0.1, 0.15) is 46.0 Å². The first-order valence-corrected chi connectivity index (χ1v) is 5.87. The summed E-state index contributed by atoms with van der Waals surface area (Å²) in [6.07, 6.45) is 6.95. The largest absolute Gasteiger partial charge is 0.376 e. The monoisotopic (exact) mass is 197 g/mol. The van der Waals surface area contributed by atoms with Crippen molar-refractivity contribution in [1.82, 2.24) is 0 Å². The van der Waals surface area contributed by atoms with E-state index < -0.39 is 0 Å². The fourth-order valence-corrected chi connectivity index (χ4v) is 2.85. The summed E-state index contributed by atoms with van der Waals surface area (Å²) in [5.74, 6) is 0. The Bertz CT molecular complexity index is 202. The fourth-order valence-electron chi connectivity index (χ4n) is 2.85. The van der Waals surface area contributed by atoms with E-state index in [-0.39, 0.29) is 0 Å². The molecule has 1 heterocycles. The van der Waals surface area contributed by atoms with Gasteiger partial charge in [-0.05, 0) is 42.9 Å². The summed E-state index contributed by atoms with van der Waals surface area (Å²) in [6, 6.07) is 0. The molecule has 0 bridgehead atoms. The quantitative estimate of drug-likeness (QED) is 0.700. The van der Waals surface area contributed by atoms with Crippen molar-refractivity contribution in [2.24, 2.45) is 16.6 Å². The summed E-state index contributed by atoms with van der Waals surface area (Å²) < 4.78 is 5.74. The van der Waals surface area contributed by atoms with Crippen molar-refractivity contribution in [1.29, 1.82) is 0 Å². The van der Waals surface area contributed by atoms with E-state index in [4.69, 9.17) is 10.5 Å². The molecule has 1 unspecified atom stereocenters. The third-order valence-corrected chi connectivity index (χ3v) is 4.21. The molecule has 1 saturated heterocycles. The van der Waals surface area contributed by atoms with E-state index in [0.717, 1.165) is 6.61 Å². The maximum atomic E-state index is 5.74. The average Bonchev–Trinajstić information content (AvgIpc) is 2.56. The molecule has 2 fully saturated rings. The molecule has 2 rings (SSSR count). The highest BCUT2D eigenvalue weighted by molar-refractivity contribution is 4.94. The van der Waals surface area contributed by atoms with Crippen LogP contribution in [0.25, 0.3) is 0 Å². The zero-order chi connectivity index (χ0) is 10.2. The van der Waals surface area contributed by atoms with Gasteiger partial charge in [-0.1, -0.05) is 13.8 Å². The molecule has 1 aliphatic heterocycles. The van der Waals surface area contributed by atoms with Crippen molar-refractivity contribution in [3.05, 3.63) is 0 Å². The minimum atomic E-state index is 0.344. The minimum absolute atomic E-state index is 0.344. The van der Waals surface area contributed by atoms with Gasteiger partial charge in [0, 0.05) is 6.54 Å². The highest BCUT2D eigenvalue weighted by atomic mass is 16.5. The Morgan fingerprint density at radius 2 is 1.86 bits per heavy atom. The molecule has 1 saturated carbocycles. The van der Waals surface area contributed by atoms with Crippen LogP contribution in [0, 0.1) is 10.8 Å². The van der Waals surface area contributed by atoms with Gasteiger partial charge < -0.3 is 10.5 Å². The summed E-state index contributed by atoms with van der Waals surface area (Å²) >= 11 is 0. The maximum absolute atomic E-state index is 5.74. The van der Waals surface area contributed by atoms with Crippen molar-refractivity contribution < 1.29 is 4.74 Å². The van der Waals surface area contributed by atoms with Gasteiger partial charge in [0.2, 0.25) is 0 Å². The second kappa shape index (κ2) is 3.49. The Labute approximate surface area is 87.2 Å². The predicted molar refractivity (Wildman–Crippen MR) is 58.1 cm³/mol. The van der Waals surface area contributed by atoms with Crippen LogP contribution in [-0.4, -0.2) is 19.3 Å². The lowest BCUT2D eigenvalue weighted by atomic mass is 9.64. The molecule has 0 amide bonds. The Morgan fingerprint density at radius 3 is 2.36 bits per heavy atom. The molecule has 1 spiro atoms. The van der Waals surface area contributed by atoms with Gasteiger partial charge in [-0.2, -0.15) is 0 Å². The fraction of sp³-hybridized carbons (Fsp3) is 1.00. The van der Waals surface area contributed by atoms with Gasteiger partial charge in [-0.25, -0.2) is 0 Å². The molecule has 1 aliphatic carbocycles. The third-order valence-electron chi connectivity index (χ3n) is 4.21. The maximum Gasteiger partial charge on any atom is 0.0703 e. The topological polar surface area (TPSA) is 35.2 Å². The minimum Gasteiger partial charge on any atom is -0.376 e. The lowest BCUT2D eigenvalue weighted by molar-refractivity contribution is 0.0650. The van der Waals surface area contributed by atoms with E-state index in [2.05, 4.69) is 13.8 Å². The molecule has 2 nitrogen and oxygen atoms in total. The summed E-state index contributed by atoms with van der Waals surface area (Å²) in [5.41, 5.74) is 6.71. The molecule has 2 N–H and O–H groups in total. The Hall–Kier alpha value is -0.0800. The van der Waals surface area contributed by atoms with Crippen LogP contribution in [0.15, 0.2) is 0 Å². The lowest BCUT2D eigenvalue weighted by Gasteiger charge is -2.40. The molecule has 2 aliphatic rings. The van der Waals surface area contributed by atoms with Gasteiger partial charge in [-0.15, -0.1) is 0 Å². The zero-order valence-corrected chi connectivity index (χ0v) is 9.51. The Kier molecular flexibility index (Phi) is 2.61. The van der Waals surface area contributed by atoms with Crippen molar-refractivity contribution in [3.8, 4) is 0 Å². The number of rotatable bonds is 1. The smallest absolute Gasteiger partial charge is 0.0703 e. The molecule has 1 atom stereocenters. The molecule has 0 radical (unpaired) electrons. The summed E-state index contributed by atoms with van der Waals surface area (Å²) in [4.78, 5) is 0. The second-order valence-corrected chi connectivity index (χ2v) is 6.04. The van der Waals surface area contributed by atoms with E-state index >= 15 is 0 Å². The van der Waals surface area contributed by atoms with Crippen LogP contribution in [-0.2, 0) is 4.74 Å². The Balaban J connectivity index is 1.94. The first kappa shape index (κ1) is 10.4. The molecule has 14 heavy (non-hydrogen) atoms. The van der Waals surface area contributed by atoms with Crippen LogP contribution in [0.4, 0.5) is 0 Å². The van der Waals surface area contributed by atoms with Crippen molar-refractivity contribution in [2.45, 2.75) is 52.1 Å². The van der Waals surface area contributed by atoms with Gasteiger partial charge in [-0.3, -0.25) is 0 Å². The molecule has 2 heteroatoms. The molecular weight excluding hydrogens is 174 g/mol. The number of hydrogen-bond donors (Lipinski definition) is 1. The van der Waals surface area contributed by atoms with Crippen molar-refractivity contribution in [3.63, 3.8) is 0 Å². The summed E-state index contributed by atoms with van der Waals surface area (Å²) in [6.45, 7) is 6.43. The Morgan fingerprint density at radius 1 is 1.21 bits per heavy atom. The van der Waals surface area contributed by atoms with E-state index in [1.165, 1.54) is 32.1 Å². The second-order valence-electron chi connectivity index (χ2n) is 6.04. The van der Waals surface area contributed by atoms with E-state index in [0.29, 0.717) is 23.5 Å². The van der Waals surface area contributed by atoms with Crippen LogP contribution in [0.3, 0.4) is 0 Å². The highest BCUT2D eigenvalue weighted by Gasteiger charge is 2.43.